The lowest BCUT2D eigenvalue weighted by Crippen LogP contribution is -2.52. The molecule has 0 saturated carbocycles. The van der Waals surface area contributed by atoms with Crippen molar-refractivity contribution in [2.24, 2.45) is 5.73 Å². The fourth-order valence-corrected chi connectivity index (χ4v) is 1.52. The minimum atomic E-state index is -1.24. The Morgan fingerprint density at radius 3 is 2.44 bits per heavy atom. The highest BCUT2D eigenvalue weighted by molar-refractivity contribution is 5.84. The van der Waals surface area contributed by atoms with Gasteiger partial charge < -0.3 is 20.9 Å². The molecule has 1 rings (SSSR count). The van der Waals surface area contributed by atoms with Crippen LogP contribution in [0.25, 0.3) is 0 Å². The van der Waals surface area contributed by atoms with Gasteiger partial charge in [0.2, 0.25) is 0 Å². The van der Waals surface area contributed by atoms with Crippen molar-refractivity contribution < 1.29 is 19.4 Å². The third-order valence-corrected chi connectivity index (χ3v) is 2.34. The Hall–Kier alpha value is -1.14. The molecule has 0 aromatic rings. The molecule has 0 aliphatic carbocycles. The summed E-state index contributed by atoms with van der Waals surface area (Å²) in [6, 6.07) is -0.780. The van der Waals surface area contributed by atoms with Crippen LogP contribution in [0.3, 0.4) is 0 Å². The first kappa shape index (κ1) is 12.9. The van der Waals surface area contributed by atoms with E-state index in [1.54, 1.807) is 20.8 Å². The summed E-state index contributed by atoms with van der Waals surface area (Å²) in [5.74, 6) is -1.56. The maximum absolute atomic E-state index is 11.8. The molecule has 0 bridgehead atoms. The quantitative estimate of drug-likeness (QED) is 0.551. The summed E-state index contributed by atoms with van der Waals surface area (Å²) in [5, 5.41) is 11.5. The normalized spacial score (nSPS) is 30.1. The number of ether oxygens (including phenoxy) is 1. The van der Waals surface area contributed by atoms with Crippen LogP contribution in [0.5, 0.6) is 0 Å². The van der Waals surface area contributed by atoms with E-state index in [1.807, 2.05) is 0 Å². The fourth-order valence-electron chi connectivity index (χ4n) is 1.52. The number of nitrogens with one attached hydrogen (secondary N) is 1. The van der Waals surface area contributed by atoms with Gasteiger partial charge in [-0.05, 0) is 20.8 Å². The molecule has 0 amide bonds. The van der Waals surface area contributed by atoms with E-state index in [4.69, 9.17) is 15.6 Å². The van der Waals surface area contributed by atoms with Gasteiger partial charge in [-0.25, -0.2) is 4.79 Å². The van der Waals surface area contributed by atoms with E-state index < -0.39 is 29.1 Å². The summed E-state index contributed by atoms with van der Waals surface area (Å²) >= 11 is 0. The first-order chi connectivity index (χ1) is 7.14. The molecule has 0 radical (unpaired) electrons. The highest BCUT2D eigenvalue weighted by Crippen LogP contribution is 2.21. The van der Waals surface area contributed by atoms with E-state index in [2.05, 4.69) is 5.32 Å². The van der Waals surface area contributed by atoms with Crippen LogP contribution >= 0.6 is 0 Å². The Bertz CT molecular complexity index is 310. The predicted molar refractivity (Wildman–Crippen MR) is 56.8 cm³/mol. The summed E-state index contributed by atoms with van der Waals surface area (Å²) < 4.78 is 5.16. The lowest BCUT2D eigenvalue weighted by Gasteiger charge is -2.27. The molecule has 1 heterocycles. The van der Waals surface area contributed by atoms with Gasteiger partial charge >= 0.3 is 11.9 Å². The standard InChI is InChI=1S/C10H18N2O4/c1-9(2,3)16-8(15)10(11)4-6(7(13)14)12-5-10/h6,12H,4-5,11H2,1-3H3,(H,13,14)/t6-,10-/m1/s1. The molecule has 6 heteroatoms. The average Bonchev–Trinajstić information content (AvgIpc) is 2.46. The van der Waals surface area contributed by atoms with E-state index in [1.165, 1.54) is 0 Å². The maximum Gasteiger partial charge on any atom is 0.328 e. The average molecular weight is 230 g/mol. The molecule has 1 aliphatic rings. The molecule has 0 aromatic carbocycles. The van der Waals surface area contributed by atoms with Gasteiger partial charge in [-0.1, -0.05) is 0 Å². The summed E-state index contributed by atoms with van der Waals surface area (Å²) in [5.41, 5.74) is 3.98. The van der Waals surface area contributed by atoms with Gasteiger partial charge in [-0.15, -0.1) is 0 Å². The Balaban J connectivity index is 2.67. The lowest BCUT2D eigenvalue weighted by atomic mass is 9.97. The predicted octanol–water partition coefficient (Wildman–Crippen LogP) is -0.528. The Morgan fingerprint density at radius 1 is 1.50 bits per heavy atom. The number of nitrogens with two attached hydrogens (primary N) is 1. The third-order valence-electron chi connectivity index (χ3n) is 2.34. The minimum Gasteiger partial charge on any atom is -0.480 e. The van der Waals surface area contributed by atoms with E-state index in [-0.39, 0.29) is 13.0 Å². The van der Waals surface area contributed by atoms with E-state index in [0.29, 0.717) is 0 Å². The van der Waals surface area contributed by atoms with Crippen molar-refractivity contribution in [2.75, 3.05) is 6.54 Å². The van der Waals surface area contributed by atoms with E-state index in [9.17, 15) is 9.59 Å². The van der Waals surface area contributed by atoms with Crippen LogP contribution in [0.1, 0.15) is 27.2 Å². The molecule has 2 atom stereocenters. The number of carbonyl (C=O) groups is 2. The van der Waals surface area contributed by atoms with Crippen molar-refractivity contribution in [2.45, 2.75) is 44.4 Å². The van der Waals surface area contributed by atoms with Crippen molar-refractivity contribution >= 4 is 11.9 Å². The van der Waals surface area contributed by atoms with Crippen LogP contribution in [-0.2, 0) is 14.3 Å². The number of hydrogen-bond donors (Lipinski definition) is 3. The molecule has 1 fully saturated rings. The van der Waals surface area contributed by atoms with Gasteiger partial charge in [0.1, 0.15) is 17.2 Å². The molecule has 1 aliphatic heterocycles. The molecule has 0 unspecified atom stereocenters. The van der Waals surface area contributed by atoms with Gasteiger partial charge in [-0.3, -0.25) is 4.79 Å². The second-order valence-corrected chi connectivity index (χ2v) is 5.13. The molecule has 92 valence electrons. The van der Waals surface area contributed by atoms with Gasteiger partial charge in [0.15, 0.2) is 0 Å². The van der Waals surface area contributed by atoms with Gasteiger partial charge in [-0.2, -0.15) is 0 Å². The zero-order chi connectivity index (χ0) is 12.6. The van der Waals surface area contributed by atoms with Crippen LogP contribution in [-0.4, -0.2) is 40.8 Å². The van der Waals surface area contributed by atoms with Crippen LogP contribution in [0, 0.1) is 0 Å². The van der Waals surface area contributed by atoms with E-state index in [0.717, 1.165) is 0 Å². The first-order valence-corrected chi connectivity index (χ1v) is 5.13. The molecule has 1 saturated heterocycles. The molecular weight excluding hydrogens is 212 g/mol. The lowest BCUT2D eigenvalue weighted by molar-refractivity contribution is -0.160. The molecule has 16 heavy (non-hydrogen) atoms. The Morgan fingerprint density at radius 2 is 2.06 bits per heavy atom. The highest BCUT2D eigenvalue weighted by atomic mass is 16.6. The summed E-state index contributed by atoms with van der Waals surface area (Å²) in [4.78, 5) is 22.5. The summed E-state index contributed by atoms with van der Waals surface area (Å²) in [6.07, 6.45) is 0.0528. The van der Waals surface area contributed by atoms with Gasteiger partial charge in [0.25, 0.3) is 0 Å². The fraction of sp³-hybridized carbons (Fsp3) is 0.800. The zero-order valence-electron chi connectivity index (χ0n) is 9.74. The summed E-state index contributed by atoms with van der Waals surface area (Å²) in [6.45, 7) is 5.35. The van der Waals surface area contributed by atoms with Crippen LogP contribution < -0.4 is 11.1 Å². The third kappa shape index (κ3) is 2.93. The van der Waals surface area contributed by atoms with Crippen molar-refractivity contribution in [3.8, 4) is 0 Å². The SMILES string of the molecule is CC(C)(C)OC(=O)[C@]1(N)CN[C@@H](C(=O)O)C1. The van der Waals surface area contributed by atoms with Gasteiger partial charge in [0, 0.05) is 13.0 Å². The van der Waals surface area contributed by atoms with Crippen LogP contribution in [0.15, 0.2) is 0 Å². The maximum atomic E-state index is 11.8. The van der Waals surface area contributed by atoms with E-state index >= 15 is 0 Å². The van der Waals surface area contributed by atoms with Crippen LogP contribution in [0.2, 0.25) is 0 Å². The van der Waals surface area contributed by atoms with Crippen molar-refractivity contribution in [3.63, 3.8) is 0 Å². The molecule has 0 spiro atoms. The topological polar surface area (TPSA) is 102 Å². The Labute approximate surface area is 94.1 Å². The number of rotatable bonds is 2. The number of carbonyl (C=O) groups excluding carboxylic acids is 1. The molecular formula is C10H18N2O4. The monoisotopic (exact) mass is 230 g/mol. The molecule has 0 aromatic heterocycles. The largest absolute Gasteiger partial charge is 0.480 e. The number of aliphatic carboxylic acids is 1. The number of esters is 1. The number of carboxylic acids is 1. The highest BCUT2D eigenvalue weighted by Gasteiger charge is 2.46. The van der Waals surface area contributed by atoms with Crippen molar-refractivity contribution in [1.82, 2.24) is 5.32 Å². The van der Waals surface area contributed by atoms with Crippen LogP contribution in [0.4, 0.5) is 0 Å². The van der Waals surface area contributed by atoms with Crippen molar-refractivity contribution in [1.29, 1.82) is 0 Å². The van der Waals surface area contributed by atoms with Crippen molar-refractivity contribution in [3.05, 3.63) is 0 Å². The van der Waals surface area contributed by atoms with Gasteiger partial charge in [0.05, 0.1) is 0 Å². The number of hydrogen-bond acceptors (Lipinski definition) is 5. The summed E-state index contributed by atoms with van der Waals surface area (Å²) in [7, 11) is 0. The minimum absolute atomic E-state index is 0.0528. The zero-order valence-corrected chi connectivity index (χ0v) is 9.74. The second-order valence-electron chi connectivity index (χ2n) is 5.13. The second kappa shape index (κ2) is 4.03. The Kier molecular flexibility index (Phi) is 3.25. The molecule has 4 N–H and O–H groups in total. The smallest absolute Gasteiger partial charge is 0.328 e. The first-order valence-electron chi connectivity index (χ1n) is 5.13. The molecule has 6 nitrogen and oxygen atoms in total. The number of carboxylic acid groups (broad SMARTS) is 1.